The molecule has 1 aromatic heterocycles. The molecule has 4 aromatic rings. The maximum atomic E-state index is 11.2. The largest absolute Gasteiger partial charge is 0.478 e. The van der Waals surface area contributed by atoms with Crippen LogP contribution in [0.3, 0.4) is 0 Å². The van der Waals surface area contributed by atoms with Gasteiger partial charge in [0.25, 0.3) is 0 Å². The molecule has 0 unspecified atom stereocenters. The monoisotopic (exact) mass is 261 g/mol. The molecule has 0 fully saturated rings. The first-order chi connectivity index (χ1) is 9.75. The predicted octanol–water partition coefficient (Wildman–Crippen LogP) is 4.17. The van der Waals surface area contributed by atoms with Gasteiger partial charge in [-0.05, 0) is 39.7 Å². The van der Waals surface area contributed by atoms with Crippen LogP contribution in [0.5, 0.6) is 0 Å². The molecule has 20 heavy (non-hydrogen) atoms. The minimum Gasteiger partial charge on any atom is -0.478 e. The third kappa shape index (κ3) is 1.37. The highest BCUT2D eigenvalue weighted by atomic mass is 16.4. The summed E-state index contributed by atoms with van der Waals surface area (Å²) in [4.78, 5) is 14.4. The molecule has 0 atom stereocenters. The van der Waals surface area contributed by atoms with Gasteiger partial charge in [0.15, 0.2) is 0 Å². The molecule has 0 radical (unpaired) electrons. The third-order valence-electron chi connectivity index (χ3n) is 3.82. The van der Waals surface area contributed by atoms with Crippen molar-refractivity contribution in [3.8, 4) is 0 Å². The summed E-state index contributed by atoms with van der Waals surface area (Å²) in [5.74, 6) is -0.881. The molecule has 3 aromatic carbocycles. The van der Waals surface area contributed by atoms with Gasteiger partial charge in [-0.3, -0.25) is 0 Å². The summed E-state index contributed by atoms with van der Waals surface area (Å²) < 4.78 is 0. The number of carboxylic acid groups (broad SMARTS) is 1. The number of aromatic carboxylic acids is 1. The van der Waals surface area contributed by atoms with Crippen LogP contribution in [0.1, 0.15) is 10.4 Å². The average molecular weight is 261 g/mol. The molecule has 4 rings (SSSR count). The quantitative estimate of drug-likeness (QED) is 0.505. The molecule has 2 N–H and O–H groups in total. The van der Waals surface area contributed by atoms with Gasteiger partial charge in [0.1, 0.15) is 0 Å². The normalized spacial score (nSPS) is 11.4. The molecule has 0 spiro atoms. The van der Waals surface area contributed by atoms with Gasteiger partial charge in [0, 0.05) is 17.1 Å². The van der Waals surface area contributed by atoms with Crippen molar-refractivity contribution >= 4 is 38.4 Å². The van der Waals surface area contributed by atoms with E-state index >= 15 is 0 Å². The summed E-state index contributed by atoms with van der Waals surface area (Å²) in [5, 5.41) is 14.4. The van der Waals surface area contributed by atoms with Crippen molar-refractivity contribution in [2.45, 2.75) is 0 Å². The van der Waals surface area contributed by atoms with E-state index in [4.69, 9.17) is 0 Å². The second kappa shape index (κ2) is 3.84. The second-order valence-corrected chi connectivity index (χ2v) is 4.87. The highest BCUT2D eigenvalue weighted by molar-refractivity contribution is 6.20. The first kappa shape index (κ1) is 11.1. The number of pyridine rings is 1. The topological polar surface area (TPSA) is 53.1 Å². The Kier molecular flexibility index (Phi) is 2.12. The van der Waals surface area contributed by atoms with Crippen molar-refractivity contribution in [1.29, 1.82) is 0 Å². The Morgan fingerprint density at radius 1 is 0.800 bits per heavy atom. The lowest BCUT2D eigenvalue weighted by Crippen LogP contribution is -1.93. The number of H-pyrrole nitrogens is 1. The molecule has 3 heteroatoms. The molecule has 0 aliphatic heterocycles. The van der Waals surface area contributed by atoms with E-state index in [1.165, 1.54) is 0 Å². The number of carbonyl (C=O) groups is 1. The minimum atomic E-state index is -0.881. The number of hydrogen-bond acceptors (Lipinski definition) is 1. The number of fused-ring (bicyclic) bond motifs is 5. The molecule has 0 saturated carbocycles. The van der Waals surface area contributed by atoms with Crippen LogP contribution in [0.15, 0.2) is 54.7 Å². The van der Waals surface area contributed by atoms with Crippen molar-refractivity contribution in [1.82, 2.24) is 4.98 Å². The summed E-state index contributed by atoms with van der Waals surface area (Å²) in [6, 6.07) is 15.6. The molecule has 0 bridgehead atoms. The second-order valence-electron chi connectivity index (χ2n) is 4.87. The minimum absolute atomic E-state index is 0.363. The number of aromatic amines is 1. The Hall–Kier alpha value is -2.81. The fraction of sp³-hybridized carbons (Fsp3) is 0. The van der Waals surface area contributed by atoms with E-state index in [-0.39, 0.29) is 0 Å². The molecule has 0 saturated heterocycles. The number of rotatable bonds is 1. The lowest BCUT2D eigenvalue weighted by molar-refractivity contribution is 0.0699. The van der Waals surface area contributed by atoms with E-state index < -0.39 is 5.97 Å². The molecule has 1 heterocycles. The lowest BCUT2D eigenvalue weighted by atomic mass is 10.0. The SMILES string of the molecule is O=C(O)c1ccc2c1ccc1c3ccc[nH]c3ccc21. The van der Waals surface area contributed by atoms with Gasteiger partial charge in [-0.1, -0.05) is 30.3 Å². The van der Waals surface area contributed by atoms with Crippen LogP contribution in [0.4, 0.5) is 0 Å². The van der Waals surface area contributed by atoms with Gasteiger partial charge in [-0.2, -0.15) is 0 Å². The van der Waals surface area contributed by atoms with Gasteiger partial charge in [0.2, 0.25) is 0 Å². The zero-order valence-electron chi connectivity index (χ0n) is 10.6. The zero-order chi connectivity index (χ0) is 13.7. The third-order valence-corrected chi connectivity index (χ3v) is 3.82. The number of benzene rings is 2. The average Bonchev–Trinajstić information content (AvgIpc) is 2.91. The molecular formula is C17H11NO2. The number of carboxylic acids is 1. The summed E-state index contributed by atoms with van der Waals surface area (Å²) in [6.45, 7) is 0. The maximum Gasteiger partial charge on any atom is 0.336 e. The van der Waals surface area contributed by atoms with E-state index in [0.717, 1.165) is 32.4 Å². The van der Waals surface area contributed by atoms with E-state index in [0.29, 0.717) is 5.56 Å². The summed E-state index contributed by atoms with van der Waals surface area (Å²) in [7, 11) is 0. The van der Waals surface area contributed by atoms with Crippen LogP contribution in [0.25, 0.3) is 32.4 Å². The van der Waals surface area contributed by atoms with Gasteiger partial charge < -0.3 is 10.1 Å². The molecule has 0 aliphatic carbocycles. The van der Waals surface area contributed by atoms with Gasteiger partial charge in [-0.25, -0.2) is 4.79 Å². The Balaban J connectivity index is 2.21. The highest BCUT2D eigenvalue weighted by Crippen LogP contribution is 2.32. The fourth-order valence-electron chi connectivity index (χ4n) is 2.90. The van der Waals surface area contributed by atoms with Gasteiger partial charge >= 0.3 is 5.97 Å². The van der Waals surface area contributed by atoms with E-state index in [9.17, 15) is 9.90 Å². The maximum absolute atomic E-state index is 11.2. The zero-order valence-corrected chi connectivity index (χ0v) is 10.6. The first-order valence-corrected chi connectivity index (χ1v) is 6.40. The number of aromatic nitrogens is 1. The predicted molar refractivity (Wildman–Crippen MR) is 80.3 cm³/mol. The lowest BCUT2D eigenvalue weighted by Gasteiger charge is -2.05. The molecular weight excluding hydrogens is 250 g/mol. The fourth-order valence-corrected chi connectivity index (χ4v) is 2.90. The first-order valence-electron chi connectivity index (χ1n) is 6.40. The van der Waals surface area contributed by atoms with Crippen LogP contribution in [0.2, 0.25) is 0 Å². The van der Waals surface area contributed by atoms with Crippen molar-refractivity contribution in [3.63, 3.8) is 0 Å². The Morgan fingerprint density at radius 2 is 1.45 bits per heavy atom. The van der Waals surface area contributed by atoms with E-state index in [2.05, 4.69) is 11.1 Å². The van der Waals surface area contributed by atoms with Crippen molar-refractivity contribution in [2.24, 2.45) is 0 Å². The number of nitrogens with one attached hydrogen (secondary N) is 1. The van der Waals surface area contributed by atoms with Crippen LogP contribution in [0, 0.1) is 0 Å². The Bertz CT molecular complexity index is 982. The summed E-state index contributed by atoms with van der Waals surface area (Å²) in [5.41, 5.74) is 1.44. The van der Waals surface area contributed by atoms with Gasteiger partial charge in [-0.15, -0.1) is 0 Å². The summed E-state index contributed by atoms with van der Waals surface area (Å²) in [6.07, 6.45) is 1.90. The number of hydrogen-bond donors (Lipinski definition) is 2. The van der Waals surface area contributed by atoms with Crippen LogP contribution < -0.4 is 0 Å². The van der Waals surface area contributed by atoms with Crippen LogP contribution in [-0.4, -0.2) is 16.1 Å². The van der Waals surface area contributed by atoms with Crippen molar-refractivity contribution in [2.75, 3.05) is 0 Å². The highest BCUT2D eigenvalue weighted by Gasteiger charge is 2.12. The van der Waals surface area contributed by atoms with Gasteiger partial charge in [0.05, 0.1) is 5.56 Å². The molecule has 0 amide bonds. The molecule has 96 valence electrons. The van der Waals surface area contributed by atoms with Crippen molar-refractivity contribution in [3.05, 3.63) is 60.3 Å². The van der Waals surface area contributed by atoms with Crippen LogP contribution in [-0.2, 0) is 0 Å². The smallest absolute Gasteiger partial charge is 0.336 e. The Labute approximate surface area is 114 Å². The van der Waals surface area contributed by atoms with E-state index in [1.54, 1.807) is 6.07 Å². The van der Waals surface area contributed by atoms with Crippen LogP contribution >= 0.6 is 0 Å². The van der Waals surface area contributed by atoms with Crippen molar-refractivity contribution < 1.29 is 9.90 Å². The van der Waals surface area contributed by atoms with E-state index in [1.807, 2.05) is 42.6 Å². The molecule has 0 aliphatic rings. The standard InChI is InChI=1S/C17H11NO2/c19-17(20)15-6-5-10-11-7-8-16-14(2-1-9-18-16)12(11)3-4-13(10)15/h1-9,18H,(H,19,20). The Morgan fingerprint density at radius 3 is 2.30 bits per heavy atom. The summed E-state index contributed by atoms with van der Waals surface area (Å²) >= 11 is 0. The molecule has 3 nitrogen and oxygen atoms in total.